The molecule has 32 heavy (non-hydrogen) atoms. The minimum Gasteiger partial charge on any atom is -0.495 e. The maximum absolute atomic E-state index is 13.0. The number of piperidine rings is 1. The van der Waals surface area contributed by atoms with Crippen LogP contribution in [0.4, 0.5) is 15.8 Å². The molecule has 1 aliphatic rings. The summed E-state index contributed by atoms with van der Waals surface area (Å²) in [5.74, 6) is 0.890. The van der Waals surface area contributed by atoms with Crippen LogP contribution in [0.3, 0.4) is 0 Å². The van der Waals surface area contributed by atoms with Crippen LogP contribution in [-0.2, 0) is 11.4 Å². The van der Waals surface area contributed by atoms with E-state index in [0.717, 1.165) is 12.8 Å². The second kappa shape index (κ2) is 9.55. The van der Waals surface area contributed by atoms with Gasteiger partial charge in [-0.25, -0.2) is 4.39 Å². The molecule has 1 aromatic heterocycles. The largest absolute Gasteiger partial charge is 0.495 e. The summed E-state index contributed by atoms with van der Waals surface area (Å²) in [5, 5.41) is 2.79. The van der Waals surface area contributed by atoms with E-state index >= 15 is 0 Å². The molecule has 1 fully saturated rings. The topological polar surface area (TPSA) is 81.0 Å². The lowest BCUT2D eigenvalue weighted by atomic mass is 10.1. The fraction of sp³-hybridized carbons (Fsp3) is 0.250. The predicted molar refractivity (Wildman–Crippen MR) is 117 cm³/mol. The number of rotatable bonds is 7. The first-order valence-corrected chi connectivity index (χ1v) is 10.3. The van der Waals surface area contributed by atoms with Crippen LogP contribution in [0.1, 0.15) is 35.6 Å². The number of carbonyl (C=O) groups excluding carboxylic acids is 2. The van der Waals surface area contributed by atoms with E-state index in [-0.39, 0.29) is 24.1 Å². The van der Waals surface area contributed by atoms with Crippen LogP contribution in [0.15, 0.2) is 59.0 Å². The lowest BCUT2D eigenvalue weighted by Crippen LogP contribution is -2.35. The predicted octanol–water partition coefficient (Wildman–Crippen LogP) is 4.78. The molecule has 2 heterocycles. The molecule has 0 atom stereocenters. The summed E-state index contributed by atoms with van der Waals surface area (Å²) in [6, 6.07) is 14.0. The zero-order valence-electron chi connectivity index (χ0n) is 17.6. The van der Waals surface area contributed by atoms with Crippen molar-refractivity contribution in [2.24, 2.45) is 0 Å². The van der Waals surface area contributed by atoms with Crippen LogP contribution in [0.25, 0.3) is 0 Å². The molecule has 0 radical (unpaired) electrons. The average Bonchev–Trinajstić information content (AvgIpc) is 3.28. The van der Waals surface area contributed by atoms with Crippen LogP contribution < -0.4 is 19.7 Å². The van der Waals surface area contributed by atoms with Gasteiger partial charge in [-0.3, -0.25) is 9.59 Å². The van der Waals surface area contributed by atoms with E-state index in [1.54, 1.807) is 42.3 Å². The molecule has 2 aromatic carbocycles. The standard InChI is InChI=1S/C24H23FN2O5/c1-30-21-11-7-17(14-20(21)27-13-3-2-4-23(27)28)26-24(29)22-12-10-19(32-22)15-31-18-8-5-16(25)6-9-18/h5-12,14H,2-4,13,15H2,1H3,(H,26,29). The van der Waals surface area contributed by atoms with Gasteiger partial charge < -0.3 is 24.1 Å². The van der Waals surface area contributed by atoms with Crippen LogP contribution in [0, 0.1) is 5.82 Å². The number of carbonyl (C=O) groups is 2. The maximum atomic E-state index is 13.0. The van der Waals surface area contributed by atoms with Crippen LogP contribution in [-0.4, -0.2) is 25.5 Å². The highest BCUT2D eigenvalue weighted by Gasteiger charge is 2.23. The summed E-state index contributed by atoms with van der Waals surface area (Å²) < 4.78 is 29.5. The van der Waals surface area contributed by atoms with Crippen molar-refractivity contribution in [1.29, 1.82) is 0 Å². The molecule has 166 valence electrons. The van der Waals surface area contributed by atoms with Crippen LogP contribution in [0.2, 0.25) is 0 Å². The van der Waals surface area contributed by atoms with Gasteiger partial charge in [0.05, 0.1) is 12.8 Å². The van der Waals surface area contributed by atoms with Gasteiger partial charge >= 0.3 is 0 Å². The summed E-state index contributed by atoms with van der Waals surface area (Å²) in [7, 11) is 1.55. The Morgan fingerprint density at radius 1 is 1.12 bits per heavy atom. The van der Waals surface area contributed by atoms with Gasteiger partial charge in [0.1, 0.15) is 29.7 Å². The monoisotopic (exact) mass is 438 g/mol. The molecule has 7 nitrogen and oxygen atoms in total. The average molecular weight is 438 g/mol. The van der Waals surface area contributed by atoms with Gasteiger partial charge in [-0.1, -0.05) is 0 Å². The third-order valence-corrected chi connectivity index (χ3v) is 5.13. The first kappa shape index (κ1) is 21.4. The number of benzene rings is 2. The molecular formula is C24H23FN2O5. The number of amides is 2. The zero-order chi connectivity index (χ0) is 22.5. The van der Waals surface area contributed by atoms with Crippen LogP contribution >= 0.6 is 0 Å². The van der Waals surface area contributed by atoms with Gasteiger partial charge in [-0.05, 0) is 67.4 Å². The molecule has 1 N–H and O–H groups in total. The third-order valence-electron chi connectivity index (χ3n) is 5.13. The van der Waals surface area contributed by atoms with Crippen molar-refractivity contribution in [1.82, 2.24) is 0 Å². The lowest BCUT2D eigenvalue weighted by Gasteiger charge is -2.28. The van der Waals surface area contributed by atoms with Crippen molar-refractivity contribution < 1.29 is 27.9 Å². The minimum absolute atomic E-state index is 0.0369. The fourth-order valence-electron chi connectivity index (χ4n) is 3.49. The highest BCUT2D eigenvalue weighted by molar-refractivity contribution is 6.03. The number of hydrogen-bond donors (Lipinski definition) is 1. The number of nitrogens with zero attached hydrogens (tertiary/aromatic N) is 1. The molecule has 0 spiro atoms. The molecule has 1 aliphatic heterocycles. The van der Waals surface area contributed by atoms with Gasteiger partial charge in [0, 0.05) is 18.7 Å². The van der Waals surface area contributed by atoms with E-state index in [2.05, 4.69) is 5.32 Å². The molecule has 0 aliphatic carbocycles. The Morgan fingerprint density at radius 3 is 2.69 bits per heavy atom. The molecule has 2 amide bonds. The number of nitrogens with one attached hydrogen (secondary N) is 1. The second-order valence-electron chi connectivity index (χ2n) is 7.35. The van der Waals surface area contributed by atoms with E-state index < -0.39 is 5.91 Å². The van der Waals surface area contributed by atoms with Gasteiger partial charge in [0.2, 0.25) is 5.91 Å². The number of anilines is 2. The minimum atomic E-state index is -0.431. The summed E-state index contributed by atoms with van der Waals surface area (Å²) in [4.78, 5) is 26.7. The normalized spacial score (nSPS) is 13.7. The van der Waals surface area contributed by atoms with Gasteiger partial charge in [-0.2, -0.15) is 0 Å². The summed E-state index contributed by atoms with van der Waals surface area (Å²) in [6.45, 7) is 0.713. The molecule has 0 saturated carbocycles. The highest BCUT2D eigenvalue weighted by atomic mass is 19.1. The van der Waals surface area contributed by atoms with Crippen molar-refractivity contribution >= 4 is 23.2 Å². The second-order valence-corrected chi connectivity index (χ2v) is 7.35. The number of hydrogen-bond acceptors (Lipinski definition) is 5. The Morgan fingerprint density at radius 2 is 1.94 bits per heavy atom. The van der Waals surface area contributed by atoms with Crippen molar-refractivity contribution in [3.05, 3.63) is 71.9 Å². The number of methoxy groups -OCH3 is 1. The molecule has 0 unspecified atom stereocenters. The van der Waals surface area contributed by atoms with E-state index in [0.29, 0.717) is 41.6 Å². The van der Waals surface area contributed by atoms with E-state index in [9.17, 15) is 14.0 Å². The van der Waals surface area contributed by atoms with Gasteiger partial charge in [0.25, 0.3) is 5.91 Å². The molecule has 4 rings (SSSR count). The Labute approximate surface area is 184 Å². The van der Waals surface area contributed by atoms with Crippen molar-refractivity contribution in [3.63, 3.8) is 0 Å². The smallest absolute Gasteiger partial charge is 0.291 e. The van der Waals surface area contributed by atoms with Gasteiger partial charge in [-0.15, -0.1) is 0 Å². The quantitative estimate of drug-likeness (QED) is 0.574. The fourth-order valence-corrected chi connectivity index (χ4v) is 3.49. The molecular weight excluding hydrogens is 415 g/mol. The number of ether oxygens (including phenoxy) is 2. The SMILES string of the molecule is COc1ccc(NC(=O)c2ccc(COc3ccc(F)cc3)o2)cc1N1CCCCC1=O. The van der Waals surface area contributed by atoms with E-state index in [1.165, 1.54) is 24.3 Å². The first-order valence-electron chi connectivity index (χ1n) is 10.3. The molecule has 8 heteroatoms. The Balaban J connectivity index is 1.43. The van der Waals surface area contributed by atoms with E-state index in [4.69, 9.17) is 13.9 Å². The van der Waals surface area contributed by atoms with Crippen LogP contribution in [0.5, 0.6) is 11.5 Å². The van der Waals surface area contributed by atoms with E-state index in [1.807, 2.05) is 0 Å². The Hall–Kier alpha value is -3.81. The Kier molecular flexibility index (Phi) is 6.39. The molecule has 3 aromatic rings. The number of furan rings is 1. The summed E-state index contributed by atoms with van der Waals surface area (Å²) in [6.07, 6.45) is 2.29. The molecule has 1 saturated heterocycles. The lowest BCUT2D eigenvalue weighted by molar-refractivity contribution is -0.119. The highest BCUT2D eigenvalue weighted by Crippen LogP contribution is 2.33. The Bertz CT molecular complexity index is 1110. The summed E-state index contributed by atoms with van der Waals surface area (Å²) in [5.41, 5.74) is 1.15. The van der Waals surface area contributed by atoms with Crippen molar-refractivity contribution in [2.75, 3.05) is 23.9 Å². The third kappa shape index (κ3) is 4.91. The maximum Gasteiger partial charge on any atom is 0.291 e. The van der Waals surface area contributed by atoms with Crippen molar-refractivity contribution in [3.8, 4) is 11.5 Å². The summed E-state index contributed by atoms with van der Waals surface area (Å²) >= 11 is 0. The van der Waals surface area contributed by atoms with Crippen molar-refractivity contribution in [2.45, 2.75) is 25.9 Å². The zero-order valence-corrected chi connectivity index (χ0v) is 17.6. The molecule has 0 bridgehead atoms. The van der Waals surface area contributed by atoms with Gasteiger partial charge in [0.15, 0.2) is 5.76 Å². The number of halogens is 1. The first-order chi connectivity index (χ1) is 15.5.